The van der Waals surface area contributed by atoms with Crippen LogP contribution in [0.4, 0.5) is 10.5 Å². The highest BCUT2D eigenvalue weighted by Crippen LogP contribution is 2.21. The summed E-state index contributed by atoms with van der Waals surface area (Å²) in [5.74, 6) is 0. The number of likely N-dealkylation sites (tertiary alicyclic amines) is 1. The van der Waals surface area contributed by atoms with Crippen LogP contribution in [0.5, 0.6) is 0 Å². The van der Waals surface area contributed by atoms with E-state index in [0.29, 0.717) is 11.6 Å². The minimum atomic E-state index is -0.0412. The summed E-state index contributed by atoms with van der Waals surface area (Å²) in [6.07, 6.45) is 4.16. The van der Waals surface area contributed by atoms with Crippen LogP contribution in [0.25, 0.3) is 0 Å². The number of anilines is 1. The lowest BCUT2D eigenvalue weighted by molar-refractivity contribution is 0.159. The zero-order chi connectivity index (χ0) is 13.7. The van der Waals surface area contributed by atoms with Crippen molar-refractivity contribution in [2.75, 3.05) is 18.4 Å². The van der Waals surface area contributed by atoms with Crippen LogP contribution in [0.3, 0.4) is 0 Å². The second-order valence-corrected chi connectivity index (χ2v) is 5.29. The fourth-order valence-electron chi connectivity index (χ4n) is 2.49. The number of urea groups is 1. The second-order valence-electron chi connectivity index (χ2n) is 4.86. The largest absolute Gasteiger partial charge is 0.330 e. The maximum Gasteiger partial charge on any atom is 0.322 e. The van der Waals surface area contributed by atoms with Crippen LogP contribution in [0.15, 0.2) is 24.3 Å². The highest BCUT2D eigenvalue weighted by atomic mass is 35.5. The molecular weight excluding hydrogens is 262 g/mol. The smallest absolute Gasteiger partial charge is 0.322 e. The number of piperidine rings is 1. The quantitative estimate of drug-likeness (QED) is 0.894. The molecule has 2 amide bonds. The monoisotopic (exact) mass is 281 g/mol. The minimum absolute atomic E-state index is 0.0412. The van der Waals surface area contributed by atoms with Gasteiger partial charge >= 0.3 is 6.03 Å². The molecule has 1 fully saturated rings. The molecular formula is C14H20ClN3O. The molecule has 4 nitrogen and oxygen atoms in total. The number of nitrogens with one attached hydrogen (secondary N) is 1. The average molecular weight is 282 g/mol. The van der Waals surface area contributed by atoms with Crippen LogP contribution >= 0.6 is 11.6 Å². The Balaban J connectivity index is 1.99. The Labute approximate surface area is 118 Å². The molecule has 1 aliphatic heterocycles. The van der Waals surface area contributed by atoms with Gasteiger partial charge in [0.15, 0.2) is 0 Å². The van der Waals surface area contributed by atoms with Gasteiger partial charge in [0.2, 0.25) is 0 Å². The van der Waals surface area contributed by atoms with E-state index in [2.05, 4.69) is 5.32 Å². The summed E-state index contributed by atoms with van der Waals surface area (Å²) in [5, 5.41) is 3.58. The molecule has 19 heavy (non-hydrogen) atoms. The molecule has 1 aromatic rings. The first kappa shape index (κ1) is 14.2. The summed E-state index contributed by atoms with van der Waals surface area (Å²) >= 11 is 5.82. The molecule has 0 radical (unpaired) electrons. The zero-order valence-corrected chi connectivity index (χ0v) is 11.7. The highest BCUT2D eigenvalue weighted by Gasteiger charge is 2.25. The Morgan fingerprint density at radius 3 is 2.79 bits per heavy atom. The molecule has 0 spiro atoms. The third-order valence-electron chi connectivity index (χ3n) is 3.48. The fraction of sp³-hybridized carbons (Fsp3) is 0.500. The van der Waals surface area contributed by atoms with Crippen molar-refractivity contribution in [1.29, 1.82) is 0 Å². The minimum Gasteiger partial charge on any atom is -0.330 e. The van der Waals surface area contributed by atoms with Crippen molar-refractivity contribution in [3.05, 3.63) is 29.3 Å². The molecule has 0 aliphatic carbocycles. The van der Waals surface area contributed by atoms with E-state index in [9.17, 15) is 4.79 Å². The molecule has 1 aliphatic rings. The summed E-state index contributed by atoms with van der Waals surface area (Å²) < 4.78 is 0. The van der Waals surface area contributed by atoms with Gasteiger partial charge in [0.05, 0.1) is 0 Å². The lowest BCUT2D eigenvalue weighted by atomic mass is 10.00. The molecule has 5 heteroatoms. The lowest BCUT2D eigenvalue weighted by Crippen LogP contribution is -2.46. The number of nitrogens with two attached hydrogens (primary N) is 1. The van der Waals surface area contributed by atoms with Gasteiger partial charge < -0.3 is 16.0 Å². The lowest BCUT2D eigenvalue weighted by Gasteiger charge is -2.35. The molecule has 1 unspecified atom stereocenters. The fourth-order valence-corrected chi connectivity index (χ4v) is 2.61. The van der Waals surface area contributed by atoms with Crippen molar-refractivity contribution in [3.63, 3.8) is 0 Å². The molecule has 1 heterocycles. The first-order valence-corrected chi connectivity index (χ1v) is 7.12. The maximum atomic E-state index is 12.3. The van der Waals surface area contributed by atoms with E-state index in [1.807, 2.05) is 17.0 Å². The summed E-state index contributed by atoms with van der Waals surface area (Å²) in [6.45, 7) is 1.43. The van der Waals surface area contributed by atoms with Crippen LogP contribution in [-0.4, -0.2) is 30.1 Å². The van der Waals surface area contributed by atoms with Gasteiger partial charge in [-0.1, -0.05) is 11.6 Å². The molecule has 1 aromatic carbocycles. The number of rotatable bonds is 3. The van der Waals surface area contributed by atoms with Crippen LogP contribution in [-0.2, 0) is 0 Å². The van der Waals surface area contributed by atoms with E-state index in [0.717, 1.165) is 31.5 Å². The molecule has 104 valence electrons. The van der Waals surface area contributed by atoms with Crippen LogP contribution in [0, 0.1) is 0 Å². The highest BCUT2D eigenvalue weighted by molar-refractivity contribution is 6.30. The number of halogens is 1. The summed E-state index contributed by atoms with van der Waals surface area (Å²) in [4.78, 5) is 14.2. The molecule has 0 bridgehead atoms. The molecule has 1 saturated heterocycles. The maximum absolute atomic E-state index is 12.3. The van der Waals surface area contributed by atoms with Gasteiger partial charge in [0, 0.05) is 23.3 Å². The van der Waals surface area contributed by atoms with Crippen molar-refractivity contribution in [3.8, 4) is 0 Å². The predicted octanol–water partition coefficient (Wildman–Crippen LogP) is 3.08. The van der Waals surface area contributed by atoms with Crippen LogP contribution in [0.2, 0.25) is 5.02 Å². The van der Waals surface area contributed by atoms with E-state index >= 15 is 0 Å². The zero-order valence-electron chi connectivity index (χ0n) is 10.9. The van der Waals surface area contributed by atoms with E-state index in [4.69, 9.17) is 17.3 Å². The summed E-state index contributed by atoms with van der Waals surface area (Å²) in [5.41, 5.74) is 6.39. The molecule has 2 rings (SSSR count). The molecule has 0 saturated carbocycles. The van der Waals surface area contributed by atoms with Crippen molar-refractivity contribution >= 4 is 23.3 Å². The first-order valence-electron chi connectivity index (χ1n) is 6.74. The Morgan fingerprint density at radius 1 is 1.37 bits per heavy atom. The Hall–Kier alpha value is -1.26. The van der Waals surface area contributed by atoms with Crippen LogP contribution < -0.4 is 11.1 Å². The average Bonchev–Trinajstić information content (AvgIpc) is 2.42. The standard InChI is InChI=1S/C14H20ClN3O/c15-11-4-6-12(7-5-11)17-14(19)18-10-2-1-3-13(18)8-9-16/h4-7,13H,1-3,8-10,16H2,(H,17,19). The SMILES string of the molecule is NCCC1CCCCN1C(=O)Nc1ccc(Cl)cc1. The number of nitrogens with zero attached hydrogens (tertiary/aromatic N) is 1. The van der Waals surface area contributed by atoms with Gasteiger partial charge in [-0.3, -0.25) is 0 Å². The number of carbonyl (C=O) groups excluding carboxylic acids is 1. The van der Waals surface area contributed by atoms with Crippen LogP contribution in [0.1, 0.15) is 25.7 Å². The third kappa shape index (κ3) is 3.85. The van der Waals surface area contributed by atoms with Crippen molar-refractivity contribution in [2.24, 2.45) is 5.73 Å². The van der Waals surface area contributed by atoms with Gasteiger partial charge in [-0.2, -0.15) is 0 Å². The number of benzene rings is 1. The molecule has 1 atom stereocenters. The van der Waals surface area contributed by atoms with Crippen molar-refractivity contribution in [2.45, 2.75) is 31.7 Å². The normalized spacial score (nSPS) is 19.3. The number of carbonyl (C=O) groups is 1. The van der Waals surface area contributed by atoms with E-state index in [1.54, 1.807) is 12.1 Å². The third-order valence-corrected chi connectivity index (χ3v) is 3.74. The number of hydrogen-bond acceptors (Lipinski definition) is 2. The molecule has 0 aromatic heterocycles. The van der Waals surface area contributed by atoms with Gasteiger partial charge in [0.25, 0.3) is 0 Å². The Morgan fingerprint density at radius 2 is 2.11 bits per heavy atom. The van der Waals surface area contributed by atoms with E-state index in [-0.39, 0.29) is 12.1 Å². The predicted molar refractivity (Wildman–Crippen MR) is 78.5 cm³/mol. The van der Waals surface area contributed by atoms with E-state index < -0.39 is 0 Å². The summed E-state index contributed by atoms with van der Waals surface area (Å²) in [6, 6.07) is 7.38. The Bertz CT molecular complexity index is 419. The van der Waals surface area contributed by atoms with Gasteiger partial charge in [-0.05, 0) is 56.5 Å². The number of hydrogen-bond donors (Lipinski definition) is 2. The number of amides is 2. The molecule has 3 N–H and O–H groups in total. The first-order chi connectivity index (χ1) is 9.20. The van der Waals surface area contributed by atoms with Gasteiger partial charge in [-0.25, -0.2) is 4.79 Å². The van der Waals surface area contributed by atoms with Gasteiger partial charge in [0.1, 0.15) is 0 Å². The van der Waals surface area contributed by atoms with E-state index in [1.165, 1.54) is 6.42 Å². The van der Waals surface area contributed by atoms with Crippen molar-refractivity contribution < 1.29 is 4.79 Å². The Kier molecular flexibility index (Phi) is 5.05. The summed E-state index contributed by atoms with van der Waals surface area (Å²) in [7, 11) is 0. The topological polar surface area (TPSA) is 58.4 Å². The van der Waals surface area contributed by atoms with Crippen molar-refractivity contribution in [1.82, 2.24) is 4.90 Å². The second kappa shape index (κ2) is 6.78. The van der Waals surface area contributed by atoms with Gasteiger partial charge in [-0.15, -0.1) is 0 Å².